The van der Waals surface area contributed by atoms with Gasteiger partial charge < -0.3 is 9.84 Å². The fourth-order valence-electron chi connectivity index (χ4n) is 1.94. The van der Waals surface area contributed by atoms with Gasteiger partial charge in [0.2, 0.25) is 0 Å². The second-order valence-electron chi connectivity index (χ2n) is 4.57. The molecule has 0 aromatic heterocycles. The molecule has 2 nitrogen and oxygen atoms in total. The second-order valence-corrected chi connectivity index (χ2v) is 4.57. The Bertz CT molecular complexity index is 331. The summed E-state index contributed by atoms with van der Waals surface area (Å²) in [6.07, 6.45) is 2.10. The minimum atomic E-state index is -0.787. The molecule has 1 aromatic carbocycles. The van der Waals surface area contributed by atoms with Crippen LogP contribution in [0.4, 0.5) is 0 Å². The Morgan fingerprint density at radius 1 is 1.44 bits per heavy atom. The summed E-state index contributed by atoms with van der Waals surface area (Å²) < 4.78 is 5.18. The van der Waals surface area contributed by atoms with Gasteiger partial charge in [-0.05, 0) is 37.0 Å². The van der Waals surface area contributed by atoms with Crippen molar-refractivity contribution in [2.75, 3.05) is 7.11 Å². The molecule has 1 rings (SSSR count). The summed E-state index contributed by atoms with van der Waals surface area (Å²) in [7, 11) is 1.64. The number of hydrogen-bond donors (Lipinski definition) is 1. The van der Waals surface area contributed by atoms with Crippen LogP contribution in [0.1, 0.15) is 39.2 Å². The zero-order chi connectivity index (χ0) is 12.2. The van der Waals surface area contributed by atoms with Gasteiger partial charge in [-0.2, -0.15) is 0 Å². The predicted molar refractivity (Wildman–Crippen MR) is 66.6 cm³/mol. The van der Waals surface area contributed by atoms with Gasteiger partial charge in [0.1, 0.15) is 5.75 Å². The molecule has 0 amide bonds. The van der Waals surface area contributed by atoms with Gasteiger partial charge in [-0.15, -0.1) is 0 Å². The molecule has 2 heteroatoms. The molecule has 0 bridgehead atoms. The Kier molecular flexibility index (Phi) is 4.36. The number of hydrogen-bond acceptors (Lipinski definition) is 2. The van der Waals surface area contributed by atoms with Gasteiger partial charge in [-0.25, -0.2) is 0 Å². The molecule has 0 aliphatic carbocycles. The second kappa shape index (κ2) is 5.35. The number of rotatable bonds is 5. The van der Waals surface area contributed by atoms with Crippen molar-refractivity contribution in [1.82, 2.24) is 0 Å². The highest BCUT2D eigenvalue weighted by Crippen LogP contribution is 2.33. The smallest absolute Gasteiger partial charge is 0.119 e. The molecule has 0 aliphatic rings. The normalized spacial score (nSPS) is 16.6. The van der Waals surface area contributed by atoms with E-state index in [1.54, 1.807) is 7.11 Å². The van der Waals surface area contributed by atoms with Crippen LogP contribution in [-0.2, 0) is 5.60 Å². The largest absolute Gasteiger partial charge is 0.497 e. The molecule has 0 spiro atoms. The van der Waals surface area contributed by atoms with Crippen LogP contribution >= 0.6 is 0 Å². The van der Waals surface area contributed by atoms with Crippen molar-refractivity contribution in [2.45, 2.75) is 39.2 Å². The van der Waals surface area contributed by atoms with E-state index in [1.807, 2.05) is 31.2 Å². The fraction of sp³-hybridized carbons (Fsp3) is 0.571. The van der Waals surface area contributed by atoms with Crippen molar-refractivity contribution in [3.8, 4) is 5.75 Å². The molecule has 0 fully saturated rings. The van der Waals surface area contributed by atoms with Crippen LogP contribution in [0.25, 0.3) is 0 Å². The summed E-state index contributed by atoms with van der Waals surface area (Å²) in [5.41, 5.74) is 0.137. The van der Waals surface area contributed by atoms with E-state index in [2.05, 4.69) is 13.8 Å². The molecule has 1 N–H and O–H groups in total. The first-order valence-corrected chi connectivity index (χ1v) is 5.89. The summed E-state index contributed by atoms with van der Waals surface area (Å²) in [5.74, 6) is 1.03. The maximum atomic E-state index is 10.5. The predicted octanol–water partition coefficient (Wildman–Crippen LogP) is 3.34. The molecule has 1 aromatic rings. The van der Waals surface area contributed by atoms with Gasteiger partial charge in [0.15, 0.2) is 0 Å². The average molecular weight is 222 g/mol. The molecule has 2 unspecified atom stereocenters. The Morgan fingerprint density at radius 2 is 2.12 bits per heavy atom. The van der Waals surface area contributed by atoms with Gasteiger partial charge >= 0.3 is 0 Å². The molecule has 90 valence electrons. The van der Waals surface area contributed by atoms with Gasteiger partial charge in [0.05, 0.1) is 12.7 Å². The molecular weight excluding hydrogens is 200 g/mol. The monoisotopic (exact) mass is 222 g/mol. The van der Waals surface area contributed by atoms with Gasteiger partial charge in [0, 0.05) is 0 Å². The summed E-state index contributed by atoms with van der Waals surface area (Å²) >= 11 is 0. The van der Waals surface area contributed by atoms with Gasteiger partial charge in [0.25, 0.3) is 0 Å². The SMILES string of the molecule is CCCC(C)C(C)(O)c1cccc(OC)c1. The Morgan fingerprint density at radius 3 is 2.69 bits per heavy atom. The first-order chi connectivity index (χ1) is 7.52. The highest BCUT2D eigenvalue weighted by atomic mass is 16.5. The molecule has 16 heavy (non-hydrogen) atoms. The third kappa shape index (κ3) is 2.76. The minimum Gasteiger partial charge on any atom is -0.497 e. The summed E-state index contributed by atoms with van der Waals surface area (Å²) in [5, 5.41) is 10.5. The number of aliphatic hydroxyl groups is 1. The number of methoxy groups -OCH3 is 1. The van der Waals surface area contributed by atoms with E-state index in [0.717, 1.165) is 24.2 Å². The third-order valence-electron chi connectivity index (χ3n) is 3.34. The van der Waals surface area contributed by atoms with E-state index in [-0.39, 0.29) is 5.92 Å². The molecule has 0 aliphatic heterocycles. The van der Waals surface area contributed by atoms with E-state index < -0.39 is 5.60 Å². The Balaban J connectivity index is 2.96. The zero-order valence-corrected chi connectivity index (χ0v) is 10.7. The summed E-state index contributed by atoms with van der Waals surface area (Å²) in [6.45, 7) is 6.10. The maximum Gasteiger partial charge on any atom is 0.119 e. The van der Waals surface area contributed by atoms with E-state index in [9.17, 15) is 5.11 Å². The van der Waals surface area contributed by atoms with E-state index in [0.29, 0.717) is 0 Å². The fourth-order valence-corrected chi connectivity index (χ4v) is 1.94. The van der Waals surface area contributed by atoms with Crippen LogP contribution in [0, 0.1) is 5.92 Å². The van der Waals surface area contributed by atoms with Crippen LogP contribution in [0.2, 0.25) is 0 Å². The summed E-state index contributed by atoms with van der Waals surface area (Å²) in [4.78, 5) is 0. The van der Waals surface area contributed by atoms with E-state index in [1.165, 1.54) is 0 Å². The van der Waals surface area contributed by atoms with Crippen LogP contribution in [0.15, 0.2) is 24.3 Å². The standard InChI is InChI=1S/C14H22O2/c1-5-7-11(2)14(3,15)12-8-6-9-13(10-12)16-4/h6,8-11,15H,5,7H2,1-4H3. The van der Waals surface area contributed by atoms with Crippen molar-refractivity contribution < 1.29 is 9.84 Å². The van der Waals surface area contributed by atoms with Crippen molar-refractivity contribution in [2.24, 2.45) is 5.92 Å². The van der Waals surface area contributed by atoms with E-state index >= 15 is 0 Å². The molecule has 0 heterocycles. The lowest BCUT2D eigenvalue weighted by Gasteiger charge is -2.31. The average Bonchev–Trinajstić information content (AvgIpc) is 2.29. The Labute approximate surface area is 98.3 Å². The first-order valence-electron chi connectivity index (χ1n) is 5.89. The van der Waals surface area contributed by atoms with Crippen molar-refractivity contribution >= 4 is 0 Å². The van der Waals surface area contributed by atoms with Crippen LogP contribution < -0.4 is 4.74 Å². The lowest BCUT2D eigenvalue weighted by molar-refractivity contribution is -0.00235. The molecule has 0 radical (unpaired) electrons. The topological polar surface area (TPSA) is 29.5 Å². The van der Waals surface area contributed by atoms with Gasteiger partial charge in [-0.1, -0.05) is 32.4 Å². The lowest BCUT2D eigenvalue weighted by atomic mass is 9.81. The van der Waals surface area contributed by atoms with Crippen molar-refractivity contribution in [3.63, 3.8) is 0 Å². The van der Waals surface area contributed by atoms with Crippen LogP contribution in [0.3, 0.4) is 0 Å². The molecule has 2 atom stereocenters. The molecule has 0 saturated heterocycles. The lowest BCUT2D eigenvalue weighted by Crippen LogP contribution is -2.29. The Hall–Kier alpha value is -1.02. The first kappa shape index (κ1) is 13.0. The minimum absolute atomic E-state index is 0.240. The van der Waals surface area contributed by atoms with E-state index in [4.69, 9.17) is 4.74 Å². The highest BCUT2D eigenvalue weighted by molar-refractivity contribution is 5.32. The quantitative estimate of drug-likeness (QED) is 0.828. The number of ether oxygens (including phenoxy) is 1. The van der Waals surface area contributed by atoms with Crippen LogP contribution in [-0.4, -0.2) is 12.2 Å². The molecular formula is C14H22O2. The van der Waals surface area contributed by atoms with Crippen molar-refractivity contribution in [3.05, 3.63) is 29.8 Å². The zero-order valence-electron chi connectivity index (χ0n) is 10.7. The third-order valence-corrected chi connectivity index (χ3v) is 3.34. The summed E-state index contributed by atoms with van der Waals surface area (Å²) in [6, 6.07) is 7.67. The van der Waals surface area contributed by atoms with Gasteiger partial charge in [-0.3, -0.25) is 0 Å². The number of benzene rings is 1. The van der Waals surface area contributed by atoms with Crippen LogP contribution in [0.5, 0.6) is 5.75 Å². The maximum absolute atomic E-state index is 10.5. The van der Waals surface area contributed by atoms with Crippen molar-refractivity contribution in [1.29, 1.82) is 0 Å². The molecule has 0 saturated carbocycles. The highest BCUT2D eigenvalue weighted by Gasteiger charge is 2.29.